The Kier molecular flexibility index (Phi) is 5.13. The smallest absolute Gasteiger partial charge is 0.251 e. The number of nitrogens with zero attached hydrogens (tertiary/aromatic N) is 1. The van der Waals surface area contributed by atoms with Gasteiger partial charge in [0.15, 0.2) is 0 Å². The van der Waals surface area contributed by atoms with E-state index in [1.165, 1.54) is 0 Å². The van der Waals surface area contributed by atoms with Crippen LogP contribution in [-0.2, 0) is 6.42 Å². The molecule has 0 aliphatic rings. The largest absolute Gasteiger partial charge is 0.384 e. The van der Waals surface area contributed by atoms with Crippen LogP contribution in [-0.4, -0.2) is 34.1 Å². The number of aryl methyl sites for hydroxylation is 1. The fraction of sp³-hybridized carbons (Fsp3) is 0.250. The number of nitrogens with one attached hydrogen (secondary N) is 2. The van der Waals surface area contributed by atoms with Crippen LogP contribution in [0.5, 0.6) is 0 Å². The van der Waals surface area contributed by atoms with Gasteiger partial charge in [-0.3, -0.25) is 4.79 Å². The first-order chi connectivity index (χ1) is 10.2. The first kappa shape index (κ1) is 14.8. The predicted molar refractivity (Wildman–Crippen MR) is 79.8 cm³/mol. The maximum atomic E-state index is 12.1. The Bertz CT molecular complexity index is 667. The number of hydrogen-bond donors (Lipinski definition) is 3. The molecule has 1 amide bonds. The Balaban J connectivity index is 1.98. The maximum absolute atomic E-state index is 12.1. The first-order valence-corrected chi connectivity index (χ1v) is 6.67. The first-order valence-electron chi connectivity index (χ1n) is 6.67. The molecule has 0 aliphatic carbocycles. The highest BCUT2D eigenvalue weighted by Crippen LogP contribution is 2.10. The van der Waals surface area contributed by atoms with Crippen molar-refractivity contribution in [2.45, 2.75) is 13.3 Å². The molecule has 5 heteroatoms. The van der Waals surface area contributed by atoms with Gasteiger partial charge in [-0.2, -0.15) is 0 Å². The van der Waals surface area contributed by atoms with Crippen molar-refractivity contribution in [2.24, 2.45) is 0 Å². The van der Waals surface area contributed by atoms with Crippen molar-refractivity contribution in [3.63, 3.8) is 0 Å². The highest BCUT2D eigenvalue weighted by atomic mass is 16.2. The Morgan fingerprint density at radius 1 is 1.48 bits per heavy atom. The number of aromatic nitrogens is 2. The summed E-state index contributed by atoms with van der Waals surface area (Å²) in [6.07, 6.45) is 4.09. The van der Waals surface area contributed by atoms with Crippen LogP contribution in [0.1, 0.15) is 27.3 Å². The Labute approximate surface area is 123 Å². The number of H-pyrrole nitrogens is 1. The van der Waals surface area contributed by atoms with Gasteiger partial charge in [-0.1, -0.05) is 17.9 Å². The van der Waals surface area contributed by atoms with Gasteiger partial charge < -0.3 is 15.4 Å². The molecule has 0 aliphatic heterocycles. The Hall–Kier alpha value is -2.58. The van der Waals surface area contributed by atoms with Crippen LogP contribution in [0.3, 0.4) is 0 Å². The predicted octanol–water partition coefficient (Wildman–Crippen LogP) is 1.03. The monoisotopic (exact) mass is 283 g/mol. The summed E-state index contributed by atoms with van der Waals surface area (Å²) in [5.74, 6) is 6.13. The normalized spacial score (nSPS) is 9.81. The van der Waals surface area contributed by atoms with Gasteiger partial charge >= 0.3 is 0 Å². The lowest BCUT2D eigenvalue weighted by Gasteiger charge is -2.06. The molecule has 2 aromatic rings. The van der Waals surface area contributed by atoms with E-state index < -0.39 is 0 Å². The third-order valence-electron chi connectivity index (χ3n) is 3.00. The van der Waals surface area contributed by atoms with E-state index in [2.05, 4.69) is 27.1 Å². The molecule has 0 radical (unpaired) electrons. The molecule has 1 aromatic carbocycles. The average Bonchev–Trinajstić information content (AvgIpc) is 2.99. The van der Waals surface area contributed by atoms with Crippen molar-refractivity contribution in [2.75, 3.05) is 13.2 Å². The van der Waals surface area contributed by atoms with Crippen LogP contribution in [0, 0.1) is 18.8 Å². The summed E-state index contributed by atoms with van der Waals surface area (Å²) in [4.78, 5) is 19.2. The van der Waals surface area contributed by atoms with E-state index in [1.54, 1.807) is 24.5 Å². The van der Waals surface area contributed by atoms with E-state index in [1.807, 2.05) is 13.0 Å². The van der Waals surface area contributed by atoms with Crippen molar-refractivity contribution < 1.29 is 9.90 Å². The Morgan fingerprint density at radius 3 is 3.05 bits per heavy atom. The topological polar surface area (TPSA) is 78.0 Å². The zero-order valence-electron chi connectivity index (χ0n) is 11.8. The van der Waals surface area contributed by atoms with E-state index in [-0.39, 0.29) is 12.5 Å². The minimum absolute atomic E-state index is 0.145. The second kappa shape index (κ2) is 7.27. The third kappa shape index (κ3) is 4.20. The summed E-state index contributed by atoms with van der Waals surface area (Å²) in [5.41, 5.74) is 2.29. The van der Waals surface area contributed by atoms with E-state index in [0.717, 1.165) is 17.0 Å². The number of aliphatic hydroxyl groups excluding tert-OH is 1. The van der Waals surface area contributed by atoms with Crippen LogP contribution in [0.15, 0.2) is 30.6 Å². The van der Waals surface area contributed by atoms with Crippen molar-refractivity contribution >= 4 is 5.91 Å². The standard InChI is InChI=1S/C16H17N3O2/c1-12-4-5-14(11-13(12)3-2-10-20)16(21)19-7-6-15-17-8-9-18-15/h4-5,8-9,11,20H,6-7,10H2,1H3,(H,17,18)(H,19,21). The number of carbonyl (C=O) groups is 1. The summed E-state index contributed by atoms with van der Waals surface area (Å²) in [5, 5.41) is 11.6. The molecule has 1 aromatic heterocycles. The summed E-state index contributed by atoms with van der Waals surface area (Å²) in [7, 11) is 0. The van der Waals surface area contributed by atoms with Crippen LogP contribution in [0.25, 0.3) is 0 Å². The van der Waals surface area contributed by atoms with Crippen LogP contribution in [0.4, 0.5) is 0 Å². The quantitative estimate of drug-likeness (QED) is 0.734. The number of rotatable bonds is 4. The van der Waals surface area contributed by atoms with Crippen LogP contribution >= 0.6 is 0 Å². The fourth-order valence-electron chi connectivity index (χ4n) is 1.86. The van der Waals surface area contributed by atoms with Gasteiger partial charge in [0.25, 0.3) is 5.91 Å². The number of aliphatic hydroxyl groups is 1. The maximum Gasteiger partial charge on any atom is 0.251 e. The SMILES string of the molecule is Cc1ccc(C(=O)NCCc2ncc[nH]2)cc1C#CCO. The number of aromatic amines is 1. The number of carbonyl (C=O) groups excluding carboxylic acids is 1. The summed E-state index contributed by atoms with van der Waals surface area (Å²) < 4.78 is 0. The zero-order chi connectivity index (χ0) is 15.1. The van der Waals surface area contributed by atoms with Crippen molar-refractivity contribution in [3.8, 4) is 11.8 Å². The van der Waals surface area contributed by atoms with Gasteiger partial charge in [-0.05, 0) is 24.6 Å². The highest BCUT2D eigenvalue weighted by Gasteiger charge is 2.07. The fourth-order valence-corrected chi connectivity index (χ4v) is 1.86. The molecule has 108 valence electrons. The number of imidazole rings is 1. The minimum Gasteiger partial charge on any atom is -0.384 e. The molecule has 0 atom stereocenters. The lowest BCUT2D eigenvalue weighted by atomic mass is 10.0. The zero-order valence-corrected chi connectivity index (χ0v) is 11.8. The number of hydrogen-bond acceptors (Lipinski definition) is 3. The highest BCUT2D eigenvalue weighted by molar-refractivity contribution is 5.94. The second-order valence-corrected chi connectivity index (χ2v) is 4.53. The average molecular weight is 283 g/mol. The van der Waals surface area contributed by atoms with E-state index in [9.17, 15) is 4.79 Å². The van der Waals surface area contributed by atoms with Gasteiger partial charge in [0.1, 0.15) is 12.4 Å². The third-order valence-corrected chi connectivity index (χ3v) is 3.00. The number of amides is 1. The molecule has 2 rings (SSSR count). The molecule has 1 heterocycles. The lowest BCUT2D eigenvalue weighted by Crippen LogP contribution is -2.26. The molecule has 0 saturated carbocycles. The molecule has 0 fully saturated rings. The summed E-state index contributed by atoms with van der Waals surface area (Å²) in [6, 6.07) is 5.35. The second-order valence-electron chi connectivity index (χ2n) is 4.53. The molecule has 0 spiro atoms. The van der Waals surface area contributed by atoms with Crippen LogP contribution in [0.2, 0.25) is 0 Å². The lowest BCUT2D eigenvalue weighted by molar-refractivity contribution is 0.0954. The molecular weight excluding hydrogens is 266 g/mol. The van der Waals surface area contributed by atoms with Crippen molar-refractivity contribution in [1.29, 1.82) is 0 Å². The molecule has 0 saturated heterocycles. The van der Waals surface area contributed by atoms with Gasteiger partial charge in [-0.15, -0.1) is 0 Å². The summed E-state index contributed by atoms with van der Waals surface area (Å²) >= 11 is 0. The van der Waals surface area contributed by atoms with Gasteiger partial charge in [0.2, 0.25) is 0 Å². The van der Waals surface area contributed by atoms with E-state index in [4.69, 9.17) is 5.11 Å². The van der Waals surface area contributed by atoms with Gasteiger partial charge in [-0.25, -0.2) is 4.98 Å². The minimum atomic E-state index is -0.195. The van der Waals surface area contributed by atoms with Crippen LogP contribution < -0.4 is 5.32 Å². The van der Waals surface area contributed by atoms with E-state index >= 15 is 0 Å². The molecule has 0 unspecified atom stereocenters. The molecule has 3 N–H and O–H groups in total. The van der Waals surface area contributed by atoms with Gasteiger partial charge in [0, 0.05) is 36.5 Å². The number of benzene rings is 1. The van der Waals surface area contributed by atoms with Crippen molar-refractivity contribution in [3.05, 3.63) is 53.1 Å². The van der Waals surface area contributed by atoms with Gasteiger partial charge in [0.05, 0.1) is 0 Å². The molecule has 0 bridgehead atoms. The molecule has 21 heavy (non-hydrogen) atoms. The Morgan fingerprint density at radius 2 is 2.33 bits per heavy atom. The summed E-state index contributed by atoms with van der Waals surface area (Å²) in [6.45, 7) is 2.23. The van der Waals surface area contributed by atoms with E-state index in [0.29, 0.717) is 18.5 Å². The van der Waals surface area contributed by atoms with Crippen molar-refractivity contribution in [1.82, 2.24) is 15.3 Å². The molecule has 5 nitrogen and oxygen atoms in total. The molecular formula is C16H17N3O2.